The van der Waals surface area contributed by atoms with E-state index in [4.69, 9.17) is 0 Å². The molecule has 1 aromatic heterocycles. The molecule has 0 saturated heterocycles. The molecule has 1 saturated carbocycles. The van der Waals surface area contributed by atoms with Crippen molar-refractivity contribution in [1.29, 1.82) is 0 Å². The van der Waals surface area contributed by atoms with Crippen LogP contribution in [0.15, 0.2) is 54.6 Å². The van der Waals surface area contributed by atoms with E-state index in [-0.39, 0.29) is 5.91 Å². The number of aryl methyl sites for hydroxylation is 1. The molecule has 2 unspecified atom stereocenters. The van der Waals surface area contributed by atoms with E-state index in [1.54, 1.807) is 0 Å². The van der Waals surface area contributed by atoms with Gasteiger partial charge in [-0.25, -0.2) is 0 Å². The number of fused-ring (bicyclic) bond motifs is 2. The lowest BCUT2D eigenvalue weighted by Gasteiger charge is -2.38. The van der Waals surface area contributed by atoms with E-state index in [1.807, 2.05) is 24.3 Å². The molecule has 0 spiro atoms. The summed E-state index contributed by atoms with van der Waals surface area (Å²) in [6.45, 7) is 2.85. The molecule has 3 aromatic rings. The molecule has 0 bridgehead atoms. The minimum atomic E-state index is 0.130. The summed E-state index contributed by atoms with van der Waals surface area (Å²) in [6.07, 6.45) is 6.87. The van der Waals surface area contributed by atoms with Crippen molar-refractivity contribution in [1.82, 2.24) is 15.2 Å². The molecule has 0 radical (unpaired) electrons. The Bertz CT molecular complexity index is 1010. The maximum absolute atomic E-state index is 13.3. The molecule has 5 rings (SSSR count). The highest BCUT2D eigenvalue weighted by molar-refractivity contribution is 5.98. The lowest BCUT2D eigenvalue weighted by Crippen LogP contribution is -2.47. The lowest BCUT2D eigenvalue weighted by molar-refractivity contribution is 0.0620. The SMILES string of the molecule is CCN(C(=O)c1cc2ccccc2[nH]1)C1CCCC(N[C@H]2CCc3ccccc32)C1. The van der Waals surface area contributed by atoms with Crippen molar-refractivity contribution in [3.63, 3.8) is 0 Å². The predicted octanol–water partition coefficient (Wildman–Crippen LogP) is 5.22. The Labute approximate surface area is 178 Å². The van der Waals surface area contributed by atoms with Crippen molar-refractivity contribution >= 4 is 16.8 Å². The smallest absolute Gasteiger partial charge is 0.270 e. The number of benzene rings is 2. The number of carbonyl (C=O) groups is 1. The Morgan fingerprint density at radius 2 is 1.93 bits per heavy atom. The van der Waals surface area contributed by atoms with Crippen LogP contribution in [0.25, 0.3) is 10.9 Å². The lowest BCUT2D eigenvalue weighted by atomic mass is 9.89. The number of carbonyl (C=O) groups excluding carboxylic acids is 1. The summed E-state index contributed by atoms with van der Waals surface area (Å²) >= 11 is 0. The van der Waals surface area contributed by atoms with Crippen LogP contribution in [0.1, 0.15) is 66.7 Å². The Balaban J connectivity index is 1.29. The predicted molar refractivity (Wildman–Crippen MR) is 122 cm³/mol. The summed E-state index contributed by atoms with van der Waals surface area (Å²) in [5.41, 5.74) is 4.70. The number of amides is 1. The van der Waals surface area contributed by atoms with Crippen molar-refractivity contribution in [2.45, 2.75) is 63.6 Å². The molecule has 2 N–H and O–H groups in total. The van der Waals surface area contributed by atoms with E-state index in [2.05, 4.69) is 52.5 Å². The Hall–Kier alpha value is -2.59. The zero-order valence-corrected chi connectivity index (χ0v) is 17.7. The third-order valence-electron chi connectivity index (χ3n) is 7.02. The van der Waals surface area contributed by atoms with Gasteiger partial charge in [0, 0.05) is 35.6 Å². The minimum absolute atomic E-state index is 0.130. The molecule has 1 heterocycles. The van der Waals surface area contributed by atoms with Crippen LogP contribution >= 0.6 is 0 Å². The van der Waals surface area contributed by atoms with E-state index in [1.165, 1.54) is 36.8 Å². The van der Waals surface area contributed by atoms with Gasteiger partial charge in [-0.3, -0.25) is 4.79 Å². The van der Waals surface area contributed by atoms with Crippen LogP contribution in [0.4, 0.5) is 0 Å². The topological polar surface area (TPSA) is 48.1 Å². The summed E-state index contributed by atoms with van der Waals surface area (Å²) in [7, 11) is 0. The molecular weight excluding hydrogens is 370 g/mol. The van der Waals surface area contributed by atoms with Crippen LogP contribution in [0.5, 0.6) is 0 Å². The molecule has 2 aliphatic rings. The first-order chi connectivity index (χ1) is 14.7. The molecular formula is C26H31N3O. The van der Waals surface area contributed by atoms with Crippen LogP contribution in [0.3, 0.4) is 0 Å². The summed E-state index contributed by atoms with van der Waals surface area (Å²) in [5, 5.41) is 5.03. The van der Waals surface area contributed by atoms with Gasteiger partial charge < -0.3 is 15.2 Å². The van der Waals surface area contributed by atoms with Gasteiger partial charge in [0.1, 0.15) is 5.69 Å². The summed E-state index contributed by atoms with van der Waals surface area (Å²) < 4.78 is 0. The molecule has 4 nitrogen and oxygen atoms in total. The number of hydrogen-bond donors (Lipinski definition) is 2. The first kappa shape index (κ1) is 19.4. The van der Waals surface area contributed by atoms with Crippen molar-refractivity contribution in [2.75, 3.05) is 6.54 Å². The fraction of sp³-hybridized carbons (Fsp3) is 0.423. The van der Waals surface area contributed by atoms with E-state index in [9.17, 15) is 4.79 Å². The second-order valence-corrected chi connectivity index (χ2v) is 8.84. The van der Waals surface area contributed by atoms with Gasteiger partial charge in [-0.15, -0.1) is 0 Å². The fourth-order valence-electron chi connectivity index (χ4n) is 5.52. The van der Waals surface area contributed by atoms with Gasteiger partial charge in [0.25, 0.3) is 5.91 Å². The van der Waals surface area contributed by atoms with Crippen molar-refractivity contribution in [2.24, 2.45) is 0 Å². The van der Waals surface area contributed by atoms with Gasteiger partial charge in [-0.2, -0.15) is 0 Å². The normalized spacial score (nSPS) is 23.4. The van der Waals surface area contributed by atoms with Gasteiger partial charge >= 0.3 is 0 Å². The molecule has 156 valence electrons. The number of nitrogens with one attached hydrogen (secondary N) is 2. The number of hydrogen-bond acceptors (Lipinski definition) is 2. The number of nitrogens with zero attached hydrogens (tertiary/aromatic N) is 1. The quantitative estimate of drug-likeness (QED) is 0.616. The summed E-state index contributed by atoms with van der Waals surface area (Å²) in [5.74, 6) is 0.130. The second kappa shape index (κ2) is 8.27. The van der Waals surface area contributed by atoms with Crippen LogP contribution in [0, 0.1) is 0 Å². The van der Waals surface area contributed by atoms with Gasteiger partial charge in [0.2, 0.25) is 0 Å². The zero-order chi connectivity index (χ0) is 20.5. The highest BCUT2D eigenvalue weighted by Crippen LogP contribution is 2.33. The third kappa shape index (κ3) is 3.65. The van der Waals surface area contributed by atoms with E-state index in [0.717, 1.165) is 30.3 Å². The number of rotatable bonds is 5. The zero-order valence-electron chi connectivity index (χ0n) is 17.7. The Morgan fingerprint density at radius 3 is 2.80 bits per heavy atom. The number of H-pyrrole nitrogens is 1. The molecule has 1 fully saturated rings. The first-order valence-corrected chi connectivity index (χ1v) is 11.5. The van der Waals surface area contributed by atoms with Crippen molar-refractivity contribution < 1.29 is 4.79 Å². The molecule has 2 aromatic carbocycles. The van der Waals surface area contributed by atoms with E-state index in [0.29, 0.717) is 23.8 Å². The fourth-order valence-corrected chi connectivity index (χ4v) is 5.52. The minimum Gasteiger partial charge on any atom is -0.351 e. The maximum Gasteiger partial charge on any atom is 0.270 e. The monoisotopic (exact) mass is 401 g/mol. The highest BCUT2D eigenvalue weighted by Gasteiger charge is 2.32. The number of aromatic amines is 1. The maximum atomic E-state index is 13.3. The first-order valence-electron chi connectivity index (χ1n) is 11.5. The number of aromatic nitrogens is 1. The van der Waals surface area contributed by atoms with E-state index < -0.39 is 0 Å². The Kier molecular flexibility index (Phi) is 5.34. The largest absolute Gasteiger partial charge is 0.351 e. The molecule has 2 aliphatic carbocycles. The average Bonchev–Trinajstić information content (AvgIpc) is 3.39. The van der Waals surface area contributed by atoms with Crippen LogP contribution < -0.4 is 5.32 Å². The second-order valence-electron chi connectivity index (χ2n) is 8.84. The molecule has 0 aliphatic heterocycles. The van der Waals surface area contributed by atoms with Crippen LogP contribution in [-0.2, 0) is 6.42 Å². The van der Waals surface area contributed by atoms with Gasteiger partial charge in [0.05, 0.1) is 0 Å². The van der Waals surface area contributed by atoms with Crippen LogP contribution in [0.2, 0.25) is 0 Å². The van der Waals surface area contributed by atoms with Gasteiger partial charge in [0.15, 0.2) is 0 Å². The van der Waals surface area contributed by atoms with Gasteiger partial charge in [-0.1, -0.05) is 42.5 Å². The average molecular weight is 402 g/mol. The third-order valence-corrected chi connectivity index (χ3v) is 7.02. The summed E-state index contributed by atoms with van der Waals surface area (Å²) in [4.78, 5) is 18.7. The molecule has 3 atom stereocenters. The van der Waals surface area contributed by atoms with Crippen LogP contribution in [-0.4, -0.2) is 34.4 Å². The Morgan fingerprint density at radius 1 is 1.10 bits per heavy atom. The standard InChI is InChI=1S/C26H31N3O/c1-2-29(26(30)25-16-19-9-4-6-13-23(19)28-25)21-11-7-10-20(17-21)27-24-15-14-18-8-3-5-12-22(18)24/h3-6,8-9,12-13,16,20-21,24,27-28H,2,7,10-11,14-15,17H2,1H3/t20?,21?,24-/m0/s1. The van der Waals surface area contributed by atoms with E-state index >= 15 is 0 Å². The van der Waals surface area contributed by atoms with Crippen molar-refractivity contribution in [3.8, 4) is 0 Å². The highest BCUT2D eigenvalue weighted by atomic mass is 16.2. The summed E-state index contributed by atoms with van der Waals surface area (Å²) in [6, 6.07) is 20.2. The molecule has 4 heteroatoms. The molecule has 1 amide bonds. The van der Waals surface area contributed by atoms with Gasteiger partial charge in [-0.05, 0) is 68.7 Å². The number of para-hydroxylation sites is 1. The molecule has 30 heavy (non-hydrogen) atoms. The van der Waals surface area contributed by atoms with Crippen molar-refractivity contribution in [3.05, 3.63) is 71.4 Å².